The molecule has 4 heteroatoms. The second-order valence-corrected chi connectivity index (χ2v) is 5.40. The number of aliphatic hydroxyl groups excluding tert-OH is 1. The fraction of sp³-hybridized carbons (Fsp3) is 0.625. The molecule has 0 atom stereocenters. The van der Waals surface area contributed by atoms with Gasteiger partial charge in [-0.25, -0.2) is 0 Å². The zero-order valence-electron chi connectivity index (χ0n) is 12.3. The van der Waals surface area contributed by atoms with E-state index in [1.54, 1.807) is 0 Å². The van der Waals surface area contributed by atoms with Crippen LogP contribution in [0.15, 0.2) is 18.2 Å². The minimum atomic E-state index is 0.162. The lowest BCUT2D eigenvalue weighted by Gasteiger charge is -2.36. The average molecular weight is 278 g/mol. The van der Waals surface area contributed by atoms with Crippen LogP contribution in [0.4, 0.5) is 11.4 Å². The summed E-state index contributed by atoms with van der Waals surface area (Å²) in [4.78, 5) is 2.29. The summed E-state index contributed by atoms with van der Waals surface area (Å²) >= 11 is 0. The molecule has 0 heterocycles. The Hall–Kier alpha value is -1.42. The molecule has 0 bridgehead atoms. The third kappa shape index (κ3) is 3.79. The summed E-state index contributed by atoms with van der Waals surface area (Å²) in [5, 5.41) is 9.37. The van der Waals surface area contributed by atoms with Gasteiger partial charge < -0.3 is 20.5 Å². The predicted octanol–water partition coefficient (Wildman–Crippen LogP) is 2.80. The van der Waals surface area contributed by atoms with Crippen molar-refractivity contribution in [3.63, 3.8) is 0 Å². The Morgan fingerprint density at radius 3 is 2.65 bits per heavy atom. The second-order valence-electron chi connectivity index (χ2n) is 5.40. The van der Waals surface area contributed by atoms with Crippen molar-refractivity contribution in [1.29, 1.82) is 0 Å². The number of ether oxygens (including phenoxy) is 1. The Morgan fingerprint density at radius 2 is 2.00 bits per heavy atom. The van der Waals surface area contributed by atoms with Crippen LogP contribution in [0.2, 0.25) is 0 Å². The van der Waals surface area contributed by atoms with Crippen LogP contribution in [-0.2, 0) is 0 Å². The zero-order chi connectivity index (χ0) is 14.4. The molecule has 1 aliphatic carbocycles. The van der Waals surface area contributed by atoms with Crippen LogP contribution >= 0.6 is 0 Å². The van der Waals surface area contributed by atoms with Gasteiger partial charge in [-0.05, 0) is 25.8 Å². The first-order chi connectivity index (χ1) is 9.74. The maximum Gasteiger partial charge on any atom is 0.123 e. The van der Waals surface area contributed by atoms with Gasteiger partial charge in [0, 0.05) is 36.1 Å². The van der Waals surface area contributed by atoms with Crippen molar-refractivity contribution in [2.45, 2.75) is 45.1 Å². The molecule has 20 heavy (non-hydrogen) atoms. The van der Waals surface area contributed by atoms with Crippen molar-refractivity contribution in [3.05, 3.63) is 18.2 Å². The summed E-state index contributed by atoms with van der Waals surface area (Å²) in [6.07, 6.45) is 6.25. The van der Waals surface area contributed by atoms with Crippen LogP contribution in [-0.4, -0.2) is 30.9 Å². The van der Waals surface area contributed by atoms with Crippen LogP contribution in [0.3, 0.4) is 0 Å². The third-order valence-corrected chi connectivity index (χ3v) is 3.91. The maximum absolute atomic E-state index is 9.37. The highest BCUT2D eigenvalue weighted by atomic mass is 16.5. The van der Waals surface area contributed by atoms with Crippen molar-refractivity contribution in [2.24, 2.45) is 0 Å². The number of nitrogens with two attached hydrogens (primary N) is 1. The van der Waals surface area contributed by atoms with Crippen molar-refractivity contribution in [3.8, 4) is 5.75 Å². The number of hydrogen-bond donors (Lipinski definition) is 2. The highest BCUT2D eigenvalue weighted by molar-refractivity contribution is 5.61. The first-order valence-corrected chi connectivity index (χ1v) is 7.65. The van der Waals surface area contributed by atoms with E-state index in [4.69, 9.17) is 10.5 Å². The predicted molar refractivity (Wildman–Crippen MR) is 83.3 cm³/mol. The molecule has 0 aliphatic heterocycles. The van der Waals surface area contributed by atoms with Crippen molar-refractivity contribution in [2.75, 3.05) is 30.4 Å². The fourth-order valence-corrected chi connectivity index (χ4v) is 3.04. The molecule has 2 rings (SSSR count). The summed E-state index contributed by atoms with van der Waals surface area (Å²) in [5.41, 5.74) is 7.76. The summed E-state index contributed by atoms with van der Waals surface area (Å²) in [6.45, 7) is 3.41. The first kappa shape index (κ1) is 15.0. The van der Waals surface area contributed by atoms with E-state index < -0.39 is 0 Å². The van der Waals surface area contributed by atoms with Gasteiger partial charge in [0.25, 0.3) is 0 Å². The number of nitrogen functional groups attached to an aromatic ring is 1. The minimum absolute atomic E-state index is 0.162. The maximum atomic E-state index is 9.37. The van der Waals surface area contributed by atoms with Crippen molar-refractivity contribution >= 4 is 11.4 Å². The van der Waals surface area contributed by atoms with Gasteiger partial charge in [0.2, 0.25) is 0 Å². The molecule has 0 unspecified atom stereocenters. The molecule has 1 fully saturated rings. The van der Waals surface area contributed by atoms with Gasteiger partial charge in [-0.2, -0.15) is 0 Å². The molecule has 1 saturated carbocycles. The topological polar surface area (TPSA) is 58.7 Å². The number of aliphatic hydroxyl groups is 1. The van der Waals surface area contributed by atoms with Gasteiger partial charge >= 0.3 is 0 Å². The van der Waals surface area contributed by atoms with E-state index in [-0.39, 0.29) is 6.61 Å². The minimum Gasteiger partial charge on any atom is -0.494 e. The number of benzene rings is 1. The molecule has 0 radical (unpaired) electrons. The Kier molecular flexibility index (Phi) is 5.53. The van der Waals surface area contributed by atoms with Gasteiger partial charge in [-0.1, -0.05) is 19.3 Å². The van der Waals surface area contributed by atoms with Crippen LogP contribution in [0.1, 0.15) is 39.0 Å². The lowest BCUT2D eigenvalue weighted by Crippen LogP contribution is -2.38. The molecule has 3 N–H and O–H groups in total. The number of nitrogens with zero attached hydrogens (tertiary/aromatic N) is 1. The molecular formula is C16H26N2O2. The lowest BCUT2D eigenvalue weighted by molar-refractivity contribution is 0.289. The van der Waals surface area contributed by atoms with Crippen LogP contribution < -0.4 is 15.4 Å². The average Bonchev–Trinajstić information content (AvgIpc) is 2.45. The smallest absolute Gasteiger partial charge is 0.123 e. The normalized spacial score (nSPS) is 16.1. The molecule has 0 spiro atoms. The number of hydrogen-bond acceptors (Lipinski definition) is 4. The summed E-state index contributed by atoms with van der Waals surface area (Å²) in [6, 6.07) is 6.37. The third-order valence-electron chi connectivity index (χ3n) is 3.91. The van der Waals surface area contributed by atoms with E-state index >= 15 is 0 Å². The molecule has 0 saturated heterocycles. The SMILES string of the molecule is CCOc1cc(N)cc(N(CCO)C2CCCCC2)c1. The molecule has 112 valence electrons. The highest BCUT2D eigenvalue weighted by Gasteiger charge is 2.21. The van der Waals surface area contributed by atoms with Crippen molar-refractivity contribution in [1.82, 2.24) is 0 Å². The molecule has 4 nitrogen and oxygen atoms in total. The number of anilines is 2. The summed E-state index contributed by atoms with van der Waals surface area (Å²) in [7, 11) is 0. The molecular weight excluding hydrogens is 252 g/mol. The van der Waals surface area contributed by atoms with Gasteiger partial charge in [0.1, 0.15) is 5.75 Å². The fourth-order valence-electron chi connectivity index (χ4n) is 3.04. The monoisotopic (exact) mass is 278 g/mol. The quantitative estimate of drug-likeness (QED) is 0.786. The Bertz CT molecular complexity index is 417. The van der Waals surface area contributed by atoms with Crippen molar-refractivity contribution < 1.29 is 9.84 Å². The van der Waals surface area contributed by atoms with Gasteiger partial charge in [-0.3, -0.25) is 0 Å². The van der Waals surface area contributed by atoms with E-state index in [0.29, 0.717) is 24.9 Å². The second kappa shape index (κ2) is 7.39. The highest BCUT2D eigenvalue weighted by Crippen LogP contribution is 2.31. The van der Waals surface area contributed by atoms with E-state index in [1.807, 2.05) is 25.1 Å². The molecule has 1 aromatic rings. The number of rotatable bonds is 6. The van der Waals surface area contributed by atoms with Crippen LogP contribution in [0.5, 0.6) is 5.75 Å². The van der Waals surface area contributed by atoms with Crippen LogP contribution in [0.25, 0.3) is 0 Å². The molecule has 0 aromatic heterocycles. The van der Waals surface area contributed by atoms with Gasteiger partial charge in [0.05, 0.1) is 13.2 Å². The molecule has 0 amide bonds. The first-order valence-electron chi connectivity index (χ1n) is 7.65. The lowest BCUT2D eigenvalue weighted by atomic mass is 9.93. The van der Waals surface area contributed by atoms with Gasteiger partial charge in [0.15, 0.2) is 0 Å². The summed E-state index contributed by atoms with van der Waals surface area (Å²) in [5.74, 6) is 0.807. The summed E-state index contributed by atoms with van der Waals surface area (Å²) < 4.78 is 5.57. The Morgan fingerprint density at radius 1 is 1.25 bits per heavy atom. The molecule has 1 aliphatic rings. The Balaban J connectivity index is 2.22. The van der Waals surface area contributed by atoms with Gasteiger partial charge in [-0.15, -0.1) is 0 Å². The van der Waals surface area contributed by atoms with E-state index in [1.165, 1.54) is 32.1 Å². The zero-order valence-corrected chi connectivity index (χ0v) is 12.3. The standard InChI is InChI=1S/C16H26N2O2/c1-2-20-16-11-13(17)10-15(12-16)18(8-9-19)14-6-4-3-5-7-14/h10-12,14,19H,2-9,17H2,1H3. The van der Waals surface area contributed by atoms with E-state index in [0.717, 1.165) is 11.4 Å². The van der Waals surface area contributed by atoms with Crippen LogP contribution in [0, 0.1) is 0 Å². The Labute approximate surface area is 121 Å². The van der Waals surface area contributed by atoms with E-state index in [2.05, 4.69) is 4.90 Å². The largest absolute Gasteiger partial charge is 0.494 e. The molecule has 1 aromatic carbocycles. The van der Waals surface area contributed by atoms with E-state index in [9.17, 15) is 5.11 Å².